The zero-order valence-corrected chi connectivity index (χ0v) is 15.1. The molecule has 1 saturated heterocycles. The van der Waals surface area contributed by atoms with E-state index >= 15 is 0 Å². The average Bonchev–Trinajstić information content (AvgIpc) is 2.96. The van der Waals surface area contributed by atoms with Crippen LogP contribution in [-0.2, 0) is 14.3 Å². The number of methoxy groups -OCH3 is 1. The number of aliphatic carboxylic acids is 1. The molecule has 0 bridgehead atoms. The van der Waals surface area contributed by atoms with Crippen molar-refractivity contribution in [2.75, 3.05) is 33.4 Å². The lowest BCUT2D eigenvalue weighted by Crippen LogP contribution is -2.64. The summed E-state index contributed by atoms with van der Waals surface area (Å²) >= 11 is 0. The van der Waals surface area contributed by atoms with E-state index in [0.717, 1.165) is 11.1 Å². The molecule has 1 fully saturated rings. The van der Waals surface area contributed by atoms with Crippen molar-refractivity contribution >= 4 is 12.1 Å². The van der Waals surface area contributed by atoms with Crippen LogP contribution in [0, 0.1) is 5.41 Å². The molecule has 1 aliphatic carbocycles. The van der Waals surface area contributed by atoms with Gasteiger partial charge < -0.3 is 19.5 Å². The first-order valence-corrected chi connectivity index (χ1v) is 8.88. The second-order valence-electron chi connectivity index (χ2n) is 7.18. The van der Waals surface area contributed by atoms with Gasteiger partial charge in [-0.25, -0.2) is 4.79 Å². The lowest BCUT2D eigenvalue weighted by atomic mass is 9.81. The molecule has 2 aromatic carbocycles. The van der Waals surface area contributed by atoms with Crippen molar-refractivity contribution in [3.63, 3.8) is 0 Å². The van der Waals surface area contributed by atoms with Gasteiger partial charge in [-0.3, -0.25) is 4.79 Å². The van der Waals surface area contributed by atoms with Crippen LogP contribution < -0.4 is 0 Å². The number of carboxylic acids is 1. The van der Waals surface area contributed by atoms with E-state index in [4.69, 9.17) is 9.47 Å². The molecule has 0 atom stereocenters. The minimum absolute atomic E-state index is 0.00849. The molecule has 1 aliphatic heterocycles. The average molecular weight is 367 g/mol. The summed E-state index contributed by atoms with van der Waals surface area (Å²) in [6.07, 6.45) is -0.482. The van der Waals surface area contributed by atoms with Crippen LogP contribution in [0.2, 0.25) is 0 Å². The van der Waals surface area contributed by atoms with Crippen molar-refractivity contribution in [1.29, 1.82) is 0 Å². The Bertz CT molecular complexity index is 842. The highest BCUT2D eigenvalue weighted by atomic mass is 16.6. The number of ether oxygens (including phenoxy) is 2. The topological polar surface area (TPSA) is 76.1 Å². The third-order valence-corrected chi connectivity index (χ3v) is 5.46. The zero-order valence-electron chi connectivity index (χ0n) is 15.1. The van der Waals surface area contributed by atoms with Crippen LogP contribution in [0.5, 0.6) is 0 Å². The minimum atomic E-state index is -1.03. The van der Waals surface area contributed by atoms with Crippen LogP contribution in [0.25, 0.3) is 11.1 Å². The first-order valence-electron chi connectivity index (χ1n) is 8.88. The van der Waals surface area contributed by atoms with Crippen molar-refractivity contribution in [2.24, 2.45) is 5.41 Å². The highest BCUT2D eigenvalue weighted by Crippen LogP contribution is 2.44. The summed E-state index contributed by atoms with van der Waals surface area (Å²) in [6, 6.07) is 16.3. The number of hydrogen-bond donors (Lipinski definition) is 1. The lowest BCUT2D eigenvalue weighted by Gasteiger charge is -2.45. The first kappa shape index (κ1) is 17.5. The van der Waals surface area contributed by atoms with Gasteiger partial charge in [0.1, 0.15) is 12.0 Å². The molecule has 0 radical (unpaired) electrons. The fourth-order valence-electron chi connectivity index (χ4n) is 4.06. The summed E-state index contributed by atoms with van der Waals surface area (Å²) in [6.45, 7) is 0.517. The van der Waals surface area contributed by atoms with E-state index in [1.807, 2.05) is 24.3 Å². The predicted octanol–water partition coefficient (Wildman–Crippen LogP) is 2.97. The molecular formula is C21H21NO5. The molecule has 1 amide bonds. The summed E-state index contributed by atoms with van der Waals surface area (Å²) in [5.41, 5.74) is 3.61. The smallest absolute Gasteiger partial charge is 0.409 e. The number of benzene rings is 2. The number of fused-ring (bicyclic) bond motifs is 3. The Morgan fingerprint density at radius 2 is 1.63 bits per heavy atom. The van der Waals surface area contributed by atoms with E-state index in [0.29, 0.717) is 0 Å². The Labute approximate surface area is 157 Å². The Kier molecular flexibility index (Phi) is 4.36. The van der Waals surface area contributed by atoms with Crippen LogP contribution in [0.1, 0.15) is 17.0 Å². The molecule has 6 heteroatoms. The molecule has 0 unspecified atom stereocenters. The van der Waals surface area contributed by atoms with Gasteiger partial charge in [-0.05, 0) is 22.3 Å². The SMILES string of the molecule is COCC1(C(=O)O)CN(C(=O)OCC2c3ccccc3-c3ccccc32)C1. The molecule has 2 aromatic rings. The second kappa shape index (κ2) is 6.70. The van der Waals surface area contributed by atoms with Crippen molar-refractivity contribution in [3.05, 3.63) is 59.7 Å². The maximum atomic E-state index is 12.4. The number of rotatable bonds is 5. The Balaban J connectivity index is 1.44. The minimum Gasteiger partial charge on any atom is -0.481 e. The maximum Gasteiger partial charge on any atom is 0.409 e. The van der Waals surface area contributed by atoms with Crippen molar-refractivity contribution < 1.29 is 24.2 Å². The Morgan fingerprint density at radius 3 is 2.15 bits per heavy atom. The van der Waals surface area contributed by atoms with E-state index in [1.165, 1.54) is 23.1 Å². The van der Waals surface area contributed by atoms with Gasteiger partial charge in [0.25, 0.3) is 0 Å². The molecule has 4 rings (SSSR count). The monoisotopic (exact) mass is 367 g/mol. The summed E-state index contributed by atoms with van der Waals surface area (Å²) in [4.78, 5) is 25.3. The van der Waals surface area contributed by atoms with Gasteiger partial charge in [0, 0.05) is 26.1 Å². The van der Waals surface area contributed by atoms with E-state index in [1.54, 1.807) is 0 Å². The van der Waals surface area contributed by atoms with Gasteiger partial charge >= 0.3 is 12.1 Å². The maximum absolute atomic E-state index is 12.4. The number of nitrogens with zero attached hydrogens (tertiary/aromatic N) is 1. The van der Waals surface area contributed by atoms with Crippen LogP contribution in [0.3, 0.4) is 0 Å². The van der Waals surface area contributed by atoms with Gasteiger partial charge in [-0.1, -0.05) is 48.5 Å². The molecule has 0 saturated carbocycles. The summed E-state index contributed by atoms with van der Waals surface area (Å²) < 4.78 is 10.5. The standard InChI is InChI=1S/C21H21NO5/c1-26-13-21(19(23)24)11-22(12-21)20(25)27-10-18-16-8-4-2-6-14(16)15-7-3-5-9-17(15)18/h2-9,18H,10-13H2,1H3,(H,23,24). The number of carboxylic acid groups (broad SMARTS) is 1. The van der Waals surface area contributed by atoms with Gasteiger partial charge in [-0.2, -0.15) is 0 Å². The van der Waals surface area contributed by atoms with Gasteiger partial charge in [-0.15, -0.1) is 0 Å². The largest absolute Gasteiger partial charge is 0.481 e. The molecule has 2 aliphatic rings. The number of amides is 1. The van der Waals surface area contributed by atoms with E-state index in [2.05, 4.69) is 24.3 Å². The summed E-state index contributed by atoms with van der Waals surface area (Å²) in [5.74, 6) is -0.960. The molecule has 0 spiro atoms. The van der Waals surface area contributed by atoms with Gasteiger partial charge in [0.15, 0.2) is 0 Å². The quantitative estimate of drug-likeness (QED) is 0.879. The van der Waals surface area contributed by atoms with Crippen molar-refractivity contribution in [3.8, 4) is 11.1 Å². The first-order chi connectivity index (χ1) is 13.1. The molecule has 0 aromatic heterocycles. The lowest BCUT2D eigenvalue weighted by molar-refractivity contribution is -0.164. The predicted molar refractivity (Wildman–Crippen MR) is 98.6 cm³/mol. The number of carbonyl (C=O) groups excluding carboxylic acids is 1. The Hall–Kier alpha value is -2.86. The highest BCUT2D eigenvalue weighted by molar-refractivity contribution is 5.81. The van der Waals surface area contributed by atoms with Crippen LogP contribution >= 0.6 is 0 Å². The van der Waals surface area contributed by atoms with Crippen molar-refractivity contribution in [2.45, 2.75) is 5.92 Å². The van der Waals surface area contributed by atoms with Crippen molar-refractivity contribution in [1.82, 2.24) is 4.90 Å². The molecule has 1 N–H and O–H groups in total. The molecular weight excluding hydrogens is 346 g/mol. The molecule has 6 nitrogen and oxygen atoms in total. The normalized spacial score (nSPS) is 17.0. The van der Waals surface area contributed by atoms with E-state index < -0.39 is 17.5 Å². The van der Waals surface area contributed by atoms with E-state index in [9.17, 15) is 14.7 Å². The van der Waals surface area contributed by atoms with Gasteiger partial charge in [0.2, 0.25) is 0 Å². The zero-order chi connectivity index (χ0) is 19.0. The molecule has 27 heavy (non-hydrogen) atoms. The fraction of sp³-hybridized carbons (Fsp3) is 0.333. The van der Waals surface area contributed by atoms with Crippen LogP contribution in [0.4, 0.5) is 4.79 Å². The van der Waals surface area contributed by atoms with Crippen LogP contribution in [-0.4, -0.2) is 55.5 Å². The number of hydrogen-bond acceptors (Lipinski definition) is 4. The molecule has 1 heterocycles. The summed E-state index contributed by atoms with van der Waals surface area (Å²) in [7, 11) is 1.46. The third-order valence-electron chi connectivity index (χ3n) is 5.46. The number of likely N-dealkylation sites (tertiary alicyclic amines) is 1. The second-order valence-corrected chi connectivity index (χ2v) is 7.18. The van der Waals surface area contributed by atoms with Gasteiger partial charge in [0.05, 0.1) is 6.61 Å². The Morgan fingerprint density at radius 1 is 1.07 bits per heavy atom. The fourth-order valence-corrected chi connectivity index (χ4v) is 4.06. The number of carbonyl (C=O) groups is 2. The highest BCUT2D eigenvalue weighted by Gasteiger charge is 2.52. The third kappa shape index (κ3) is 2.86. The summed E-state index contributed by atoms with van der Waals surface area (Å²) in [5, 5.41) is 9.38. The molecule has 140 valence electrons. The van der Waals surface area contributed by atoms with Crippen LogP contribution in [0.15, 0.2) is 48.5 Å². The van der Waals surface area contributed by atoms with E-state index in [-0.39, 0.29) is 32.2 Å².